The molecule has 1 saturated heterocycles. The number of alkyl halides is 1. The molecule has 6 nitrogen and oxygen atoms in total. The number of nitrogens with one attached hydrogen (secondary N) is 1. The van der Waals surface area contributed by atoms with Crippen LogP contribution in [0.15, 0.2) is 0 Å². The van der Waals surface area contributed by atoms with Gasteiger partial charge in [0.25, 0.3) is 0 Å². The minimum absolute atomic E-state index is 0.288. The van der Waals surface area contributed by atoms with Crippen molar-refractivity contribution in [3.63, 3.8) is 0 Å². The van der Waals surface area contributed by atoms with Crippen LogP contribution in [0.25, 0.3) is 0 Å². The molecular weight excluding hydrogens is 241 g/mol. The average molecular weight is 247 g/mol. The molecule has 0 unspecified atom stereocenters. The fourth-order valence-corrected chi connectivity index (χ4v) is 1.33. The Morgan fingerprint density at radius 1 is 1.89 bits per heavy atom. The number of rotatable bonds is 1. The van der Waals surface area contributed by atoms with E-state index in [1.165, 1.54) is 7.11 Å². The summed E-state index contributed by atoms with van der Waals surface area (Å²) in [5, 5.41) is 11.7. The molecule has 1 aliphatic rings. The third-order valence-electron chi connectivity index (χ3n) is 0.679. The fraction of sp³-hybridized carbons (Fsp3) is 1.00. The molecule has 0 spiro atoms. The van der Waals surface area contributed by atoms with Crippen molar-refractivity contribution < 1.29 is 29.6 Å². The monoisotopic (exact) mass is 247 g/mol. The topological polar surface area (TPSA) is 60.0 Å². The van der Waals surface area contributed by atoms with Crippen LogP contribution in [0, 0.1) is 5.21 Å². The zero-order valence-corrected chi connectivity index (χ0v) is 6.86. The molecule has 1 rings (SSSR count). The van der Waals surface area contributed by atoms with Crippen LogP contribution in [0.3, 0.4) is 0 Å². The molecule has 0 radical (unpaired) electrons. The van der Waals surface area contributed by atoms with Crippen LogP contribution in [0.1, 0.15) is 0 Å². The van der Waals surface area contributed by atoms with Gasteiger partial charge in [-0.2, -0.15) is 0 Å². The van der Waals surface area contributed by atoms with E-state index in [0.29, 0.717) is 4.55 Å². The maximum absolute atomic E-state index is 10.5. The van der Waals surface area contributed by atoms with Gasteiger partial charge in [-0.15, -0.1) is 0 Å². The molecule has 1 aliphatic heterocycles. The zero-order valence-electron chi connectivity index (χ0n) is 4.70. The van der Waals surface area contributed by atoms with Gasteiger partial charge in [-0.3, -0.25) is 0 Å². The second-order valence-corrected chi connectivity index (χ2v) is 2.94. The van der Waals surface area contributed by atoms with Gasteiger partial charge in [-0.1, -0.05) is 0 Å². The molecule has 1 heterocycles. The van der Waals surface area contributed by atoms with Gasteiger partial charge >= 0.3 is 62.5 Å². The Morgan fingerprint density at radius 2 is 2.67 bits per heavy atom. The summed E-state index contributed by atoms with van der Waals surface area (Å²) < 4.78 is 5.29. The Bertz CT molecular complexity index is 93.1. The van der Waals surface area contributed by atoms with E-state index in [1.54, 1.807) is 0 Å². The number of hydrazine groups is 2. The van der Waals surface area contributed by atoms with Crippen molar-refractivity contribution in [2.75, 3.05) is 11.7 Å². The standard InChI is InChI=1S/C2H6IN3O3/c1-8-5-4-2-3-9-6(5)7/h4H,2H2,1H3/q-2. The summed E-state index contributed by atoms with van der Waals surface area (Å²) in [4.78, 5) is 4.53. The van der Waals surface area contributed by atoms with E-state index in [0.717, 1.165) is 5.28 Å². The Labute approximate surface area is 62.9 Å². The van der Waals surface area contributed by atoms with E-state index < -0.39 is 21.6 Å². The Balaban J connectivity index is 2.30. The van der Waals surface area contributed by atoms with Gasteiger partial charge in [0.05, 0.1) is 0 Å². The minimum atomic E-state index is -0.478. The van der Waals surface area contributed by atoms with Crippen LogP contribution in [0.2, 0.25) is 0 Å². The number of halogens is 1. The molecule has 0 aromatic carbocycles. The molecule has 9 heavy (non-hydrogen) atoms. The molecule has 1 N–H and O–H groups in total. The van der Waals surface area contributed by atoms with Gasteiger partial charge in [0.2, 0.25) is 0 Å². The predicted octanol–water partition coefficient (Wildman–Crippen LogP) is -4.02. The van der Waals surface area contributed by atoms with Crippen molar-refractivity contribution >= 4 is 0 Å². The molecule has 7 heteroatoms. The second-order valence-electron chi connectivity index (χ2n) is 1.16. The Morgan fingerprint density at radius 3 is 3.11 bits per heavy atom. The van der Waals surface area contributed by atoms with E-state index in [4.69, 9.17) is 0 Å². The normalized spacial score (nSPS) is 25.6. The van der Waals surface area contributed by atoms with E-state index >= 15 is 0 Å². The molecule has 0 aromatic heterocycles. The van der Waals surface area contributed by atoms with Crippen molar-refractivity contribution in [1.82, 2.24) is 16.0 Å². The van der Waals surface area contributed by atoms with Crippen molar-refractivity contribution in [2.24, 2.45) is 0 Å². The molecule has 0 atom stereocenters. The third kappa shape index (κ3) is 1.97. The van der Waals surface area contributed by atoms with Gasteiger partial charge in [-0.05, 0) is 0 Å². The molecular formula is C2H6IN3O3-2. The maximum atomic E-state index is 10.5. The van der Waals surface area contributed by atoms with Crippen LogP contribution >= 0.6 is 0 Å². The summed E-state index contributed by atoms with van der Waals surface area (Å²) in [6.45, 7) is 0. The SMILES string of the molecule is CON1NC[I-]ON1[O-]. The van der Waals surface area contributed by atoms with E-state index in [1.807, 2.05) is 0 Å². The van der Waals surface area contributed by atoms with Crippen molar-refractivity contribution in [2.45, 2.75) is 0 Å². The van der Waals surface area contributed by atoms with Gasteiger partial charge in [0.15, 0.2) is 0 Å². The predicted molar refractivity (Wildman–Crippen MR) is 23.1 cm³/mol. The van der Waals surface area contributed by atoms with Gasteiger partial charge < -0.3 is 0 Å². The summed E-state index contributed by atoms with van der Waals surface area (Å²) in [5.74, 6) is 0. The summed E-state index contributed by atoms with van der Waals surface area (Å²) in [7, 11) is 1.38. The van der Waals surface area contributed by atoms with Crippen LogP contribution in [-0.4, -0.2) is 22.3 Å². The molecule has 0 bridgehead atoms. The van der Waals surface area contributed by atoms with Crippen molar-refractivity contribution in [3.8, 4) is 0 Å². The second kappa shape index (κ2) is 3.61. The zero-order chi connectivity index (χ0) is 6.69. The Hall–Kier alpha value is 0.490. The molecule has 1 fully saturated rings. The first kappa shape index (κ1) is 7.60. The third-order valence-corrected chi connectivity index (χ3v) is 1.95. The summed E-state index contributed by atoms with van der Waals surface area (Å²) in [6, 6.07) is 0. The molecule has 56 valence electrons. The van der Waals surface area contributed by atoms with Crippen LogP contribution in [-0.2, 0) is 8.00 Å². The number of nitrogens with zero attached hydrogens (tertiary/aromatic N) is 2. The van der Waals surface area contributed by atoms with E-state index in [9.17, 15) is 5.21 Å². The number of hydrogen-bond acceptors (Lipinski definition) is 6. The molecule has 0 saturated carbocycles. The first-order valence-electron chi connectivity index (χ1n) is 2.15. The first-order valence-corrected chi connectivity index (χ1v) is 4.56. The average Bonchev–Trinajstić information content (AvgIpc) is 1.89. The van der Waals surface area contributed by atoms with Gasteiger partial charge in [-0.25, -0.2) is 0 Å². The van der Waals surface area contributed by atoms with Crippen molar-refractivity contribution in [3.05, 3.63) is 5.21 Å². The Kier molecular flexibility index (Phi) is 3.04. The van der Waals surface area contributed by atoms with Crippen molar-refractivity contribution in [1.29, 1.82) is 0 Å². The molecule has 0 amide bonds. The van der Waals surface area contributed by atoms with E-state index in [-0.39, 0.29) is 5.34 Å². The fourth-order valence-electron chi connectivity index (χ4n) is 0.359. The first-order chi connectivity index (χ1) is 4.34. The summed E-state index contributed by atoms with van der Waals surface area (Å²) in [5.41, 5.74) is 2.67. The quantitative estimate of drug-likeness (QED) is 0.289. The van der Waals surface area contributed by atoms with Crippen LogP contribution < -0.4 is 27.0 Å². The van der Waals surface area contributed by atoms with E-state index in [2.05, 4.69) is 13.4 Å². The number of hydrogen-bond donors (Lipinski definition) is 1. The summed E-state index contributed by atoms with van der Waals surface area (Å²) in [6.07, 6.45) is 0. The molecule has 0 aromatic rings. The van der Waals surface area contributed by atoms with Gasteiger partial charge in [0.1, 0.15) is 0 Å². The van der Waals surface area contributed by atoms with Crippen LogP contribution in [0.4, 0.5) is 0 Å². The van der Waals surface area contributed by atoms with Gasteiger partial charge in [0, 0.05) is 0 Å². The summed E-state index contributed by atoms with van der Waals surface area (Å²) >= 11 is -0.478. The van der Waals surface area contributed by atoms with Crippen LogP contribution in [0.5, 0.6) is 0 Å². The molecule has 0 aliphatic carbocycles.